The van der Waals surface area contributed by atoms with Gasteiger partial charge in [-0.2, -0.15) is 18.3 Å². The van der Waals surface area contributed by atoms with E-state index in [1.807, 2.05) is 0 Å². The summed E-state index contributed by atoms with van der Waals surface area (Å²) in [5, 5.41) is 3.79. The number of rotatable bonds is 5. The molecule has 0 aliphatic heterocycles. The molecule has 0 bridgehead atoms. The molecule has 1 N–H and O–H groups in total. The summed E-state index contributed by atoms with van der Waals surface area (Å²) in [5.74, 6) is 0.734. The van der Waals surface area contributed by atoms with E-state index in [1.54, 1.807) is 30.3 Å². The summed E-state index contributed by atoms with van der Waals surface area (Å²) >= 11 is 0. The highest BCUT2D eigenvalue weighted by Crippen LogP contribution is 2.32. The summed E-state index contributed by atoms with van der Waals surface area (Å²) < 4.78 is 48.9. The summed E-state index contributed by atoms with van der Waals surface area (Å²) in [6, 6.07) is 14.4. The monoisotopic (exact) mass is 388 g/mol. The second kappa shape index (κ2) is 7.99. The first-order valence-corrected chi connectivity index (χ1v) is 8.12. The summed E-state index contributed by atoms with van der Waals surface area (Å²) in [4.78, 5) is 12.0. The Morgan fingerprint density at radius 2 is 1.86 bits per heavy atom. The Balaban J connectivity index is 1.66. The number of carbonyl (C=O) groups is 1. The van der Waals surface area contributed by atoms with Crippen LogP contribution in [0.4, 0.5) is 13.2 Å². The molecule has 0 atom stereocenters. The third kappa shape index (κ3) is 4.59. The van der Waals surface area contributed by atoms with E-state index in [9.17, 15) is 18.0 Å². The fraction of sp³-hybridized carbons (Fsp3) is 0.100. The highest BCUT2D eigenvalue weighted by Gasteiger charge is 2.30. The van der Waals surface area contributed by atoms with Gasteiger partial charge in [-0.05, 0) is 48.5 Å². The van der Waals surface area contributed by atoms with Gasteiger partial charge in [0.1, 0.15) is 17.3 Å². The molecule has 3 aromatic rings. The van der Waals surface area contributed by atoms with E-state index in [2.05, 4.69) is 10.5 Å². The number of hydrazone groups is 1. The van der Waals surface area contributed by atoms with Crippen molar-refractivity contribution in [3.8, 4) is 17.1 Å². The van der Waals surface area contributed by atoms with Gasteiger partial charge in [-0.3, -0.25) is 4.79 Å². The van der Waals surface area contributed by atoms with Crippen molar-refractivity contribution >= 4 is 12.1 Å². The van der Waals surface area contributed by atoms with Crippen molar-refractivity contribution in [2.75, 3.05) is 7.11 Å². The van der Waals surface area contributed by atoms with Crippen molar-refractivity contribution < 1.29 is 27.1 Å². The van der Waals surface area contributed by atoms with Gasteiger partial charge in [-0.15, -0.1) is 0 Å². The van der Waals surface area contributed by atoms with Crippen LogP contribution in [0, 0.1) is 0 Å². The van der Waals surface area contributed by atoms with Crippen LogP contribution < -0.4 is 10.2 Å². The van der Waals surface area contributed by atoms with E-state index >= 15 is 0 Å². The number of ether oxygens (including phenoxy) is 1. The molecule has 0 aliphatic carbocycles. The molecule has 3 rings (SSSR count). The molecule has 1 heterocycles. The lowest BCUT2D eigenvalue weighted by Gasteiger charge is -2.07. The minimum atomic E-state index is -4.43. The predicted octanol–water partition coefficient (Wildman–Crippen LogP) is 4.74. The summed E-state index contributed by atoms with van der Waals surface area (Å²) in [6.45, 7) is 0. The van der Waals surface area contributed by atoms with Crippen molar-refractivity contribution in [1.29, 1.82) is 0 Å². The molecule has 0 aliphatic rings. The molecule has 144 valence electrons. The van der Waals surface area contributed by atoms with Crippen LogP contribution in [0.5, 0.6) is 5.75 Å². The minimum absolute atomic E-state index is 0.258. The Labute approximate surface area is 158 Å². The Bertz CT molecular complexity index is 992. The SMILES string of the molecule is COc1ccc(C(=O)N/N=C\c2ccc(-c3cccc(C(F)(F)F)c3)o2)cc1. The van der Waals surface area contributed by atoms with E-state index in [4.69, 9.17) is 9.15 Å². The fourth-order valence-corrected chi connectivity index (χ4v) is 2.39. The molecule has 0 spiro atoms. The first-order valence-electron chi connectivity index (χ1n) is 8.12. The first-order chi connectivity index (χ1) is 13.4. The number of nitrogens with one attached hydrogen (secondary N) is 1. The highest BCUT2D eigenvalue weighted by molar-refractivity contribution is 5.94. The summed E-state index contributed by atoms with van der Waals surface area (Å²) in [5.41, 5.74) is 2.26. The molecule has 0 saturated carbocycles. The fourth-order valence-electron chi connectivity index (χ4n) is 2.39. The maximum atomic E-state index is 12.8. The third-order valence-electron chi connectivity index (χ3n) is 3.81. The lowest BCUT2D eigenvalue weighted by Crippen LogP contribution is -2.17. The zero-order chi connectivity index (χ0) is 20.1. The molecule has 0 fully saturated rings. The van der Waals surface area contributed by atoms with Crippen molar-refractivity contribution in [1.82, 2.24) is 5.43 Å². The Morgan fingerprint density at radius 1 is 1.11 bits per heavy atom. The maximum Gasteiger partial charge on any atom is 0.416 e. The number of hydrogen-bond acceptors (Lipinski definition) is 4. The predicted molar refractivity (Wildman–Crippen MR) is 97.2 cm³/mol. The number of halogens is 3. The van der Waals surface area contributed by atoms with Crippen molar-refractivity contribution in [2.24, 2.45) is 5.10 Å². The average molecular weight is 388 g/mol. The molecule has 5 nitrogen and oxygen atoms in total. The van der Waals surface area contributed by atoms with Gasteiger partial charge in [-0.25, -0.2) is 5.43 Å². The molecule has 0 unspecified atom stereocenters. The Morgan fingerprint density at radius 3 is 2.54 bits per heavy atom. The number of nitrogens with zero attached hydrogens (tertiary/aromatic N) is 1. The van der Waals surface area contributed by atoms with Gasteiger partial charge in [0.25, 0.3) is 5.91 Å². The van der Waals surface area contributed by atoms with E-state index in [-0.39, 0.29) is 17.1 Å². The number of carbonyl (C=O) groups excluding carboxylic acids is 1. The Kier molecular flexibility index (Phi) is 5.49. The average Bonchev–Trinajstić information content (AvgIpc) is 3.16. The van der Waals surface area contributed by atoms with Crippen LogP contribution in [0.1, 0.15) is 21.7 Å². The number of alkyl halides is 3. The third-order valence-corrected chi connectivity index (χ3v) is 3.81. The van der Waals surface area contributed by atoms with Gasteiger partial charge in [-0.1, -0.05) is 12.1 Å². The number of methoxy groups -OCH3 is 1. The van der Waals surface area contributed by atoms with E-state index in [0.29, 0.717) is 11.3 Å². The normalized spacial score (nSPS) is 11.6. The molecule has 1 amide bonds. The lowest BCUT2D eigenvalue weighted by molar-refractivity contribution is -0.137. The molecular formula is C20H15F3N2O3. The molecule has 8 heteroatoms. The molecule has 2 aromatic carbocycles. The molecular weight excluding hydrogens is 373 g/mol. The number of hydrogen-bond donors (Lipinski definition) is 1. The van der Waals surface area contributed by atoms with Crippen LogP contribution in [-0.2, 0) is 6.18 Å². The number of benzene rings is 2. The highest BCUT2D eigenvalue weighted by atomic mass is 19.4. The molecule has 28 heavy (non-hydrogen) atoms. The van der Waals surface area contributed by atoms with Crippen LogP contribution >= 0.6 is 0 Å². The van der Waals surface area contributed by atoms with Crippen LogP contribution in [0.15, 0.2) is 70.2 Å². The van der Waals surface area contributed by atoms with Crippen LogP contribution in [0.25, 0.3) is 11.3 Å². The summed E-state index contributed by atoms with van der Waals surface area (Å²) in [6.07, 6.45) is -3.17. The van der Waals surface area contributed by atoms with E-state index in [0.717, 1.165) is 12.1 Å². The van der Waals surface area contributed by atoms with Crippen molar-refractivity contribution in [3.05, 3.63) is 77.6 Å². The minimum Gasteiger partial charge on any atom is -0.497 e. The maximum absolute atomic E-state index is 12.8. The van der Waals surface area contributed by atoms with Gasteiger partial charge in [0, 0.05) is 11.1 Å². The zero-order valence-electron chi connectivity index (χ0n) is 14.7. The molecule has 1 aromatic heterocycles. The zero-order valence-corrected chi connectivity index (χ0v) is 14.7. The smallest absolute Gasteiger partial charge is 0.416 e. The largest absolute Gasteiger partial charge is 0.497 e. The summed E-state index contributed by atoms with van der Waals surface area (Å²) in [7, 11) is 1.52. The lowest BCUT2D eigenvalue weighted by atomic mass is 10.1. The number of amides is 1. The van der Waals surface area contributed by atoms with Crippen LogP contribution in [0.2, 0.25) is 0 Å². The van der Waals surface area contributed by atoms with Gasteiger partial charge < -0.3 is 9.15 Å². The van der Waals surface area contributed by atoms with Crippen molar-refractivity contribution in [2.45, 2.75) is 6.18 Å². The van der Waals surface area contributed by atoms with Crippen LogP contribution in [-0.4, -0.2) is 19.2 Å². The number of furan rings is 1. The van der Waals surface area contributed by atoms with Crippen LogP contribution in [0.3, 0.4) is 0 Å². The standard InChI is InChI=1S/C20H15F3N2O3/c1-27-16-7-5-13(6-8-16)19(26)25-24-12-17-9-10-18(28-17)14-3-2-4-15(11-14)20(21,22)23/h2-12H,1H3,(H,25,26)/b24-12-. The molecule has 0 saturated heterocycles. The molecule has 0 radical (unpaired) electrons. The van der Waals surface area contributed by atoms with Gasteiger partial charge in [0.2, 0.25) is 0 Å². The van der Waals surface area contributed by atoms with Gasteiger partial charge in [0.05, 0.1) is 18.9 Å². The Hall–Kier alpha value is -3.55. The van der Waals surface area contributed by atoms with E-state index in [1.165, 1.54) is 31.5 Å². The van der Waals surface area contributed by atoms with E-state index < -0.39 is 17.6 Å². The van der Waals surface area contributed by atoms with Gasteiger partial charge >= 0.3 is 6.18 Å². The van der Waals surface area contributed by atoms with Crippen molar-refractivity contribution in [3.63, 3.8) is 0 Å². The second-order valence-electron chi connectivity index (χ2n) is 5.71. The van der Waals surface area contributed by atoms with Gasteiger partial charge in [0.15, 0.2) is 0 Å². The first kappa shape index (κ1) is 19.2. The topological polar surface area (TPSA) is 63.8 Å². The second-order valence-corrected chi connectivity index (χ2v) is 5.71. The quantitative estimate of drug-likeness (QED) is 0.507.